The van der Waals surface area contributed by atoms with Crippen LogP contribution in [0, 0.1) is 0 Å². The smallest absolute Gasteiger partial charge is 0.160 e. The molecular weight excluding hydrogens is 248 g/mol. The molecule has 1 aliphatic rings. The molecule has 0 bridgehead atoms. The van der Waals surface area contributed by atoms with E-state index in [2.05, 4.69) is 16.5 Å². The molecule has 3 rings (SSSR count). The van der Waals surface area contributed by atoms with Crippen LogP contribution in [0.25, 0.3) is 11.0 Å². The first-order chi connectivity index (χ1) is 9.13. The summed E-state index contributed by atoms with van der Waals surface area (Å²) in [5, 5.41) is 19.8. The molecule has 0 amide bonds. The van der Waals surface area contributed by atoms with Crippen LogP contribution in [0.1, 0.15) is 6.23 Å². The molecule has 2 aromatic heterocycles. The summed E-state index contributed by atoms with van der Waals surface area (Å²) >= 11 is 0. The Hall–Kier alpha value is -1.96. The molecule has 0 unspecified atom stereocenters. The highest BCUT2D eigenvalue weighted by molar-refractivity contribution is 5.86. The molecule has 0 aliphatic carbocycles. The predicted octanol–water partition coefficient (Wildman–Crippen LogP) is -0.180. The van der Waals surface area contributed by atoms with E-state index >= 15 is 0 Å². The van der Waals surface area contributed by atoms with Gasteiger partial charge in [-0.05, 0) is 6.07 Å². The van der Waals surface area contributed by atoms with Crippen molar-refractivity contribution in [2.45, 2.75) is 18.4 Å². The fraction of sp³-hybridized carbons (Fsp3) is 0.333. The molecule has 0 saturated carbocycles. The third-order valence-corrected chi connectivity index (χ3v) is 3.33. The molecule has 1 aliphatic heterocycles. The van der Waals surface area contributed by atoms with Crippen LogP contribution in [0.15, 0.2) is 30.7 Å². The van der Waals surface area contributed by atoms with Gasteiger partial charge in [0.25, 0.3) is 0 Å². The molecule has 0 aromatic carbocycles. The van der Waals surface area contributed by atoms with E-state index in [1.54, 1.807) is 16.8 Å². The minimum atomic E-state index is -0.897. The van der Waals surface area contributed by atoms with Gasteiger partial charge in [0.1, 0.15) is 30.0 Å². The van der Waals surface area contributed by atoms with Gasteiger partial charge in [-0.3, -0.25) is 0 Å². The Bertz CT molecular complexity index is 639. The second kappa shape index (κ2) is 4.30. The van der Waals surface area contributed by atoms with E-state index in [1.807, 2.05) is 0 Å². The number of aliphatic hydroxyl groups excluding tert-OH is 2. The number of hydrogen-bond acceptors (Lipinski definition) is 6. The molecule has 2 aromatic rings. The van der Waals surface area contributed by atoms with Crippen LogP contribution < -0.4 is 5.73 Å². The summed E-state index contributed by atoms with van der Waals surface area (Å²) in [6, 6.07) is 1.78. The summed E-state index contributed by atoms with van der Waals surface area (Å²) in [7, 11) is 0. The van der Waals surface area contributed by atoms with Gasteiger partial charge in [0.15, 0.2) is 6.23 Å². The SMILES string of the molecule is C=C1[C@H](n2ccc3c(N)ncnc32)O[C@H](CO)[C@H]1O. The molecule has 4 N–H and O–H groups in total. The van der Waals surface area contributed by atoms with Crippen molar-refractivity contribution in [3.63, 3.8) is 0 Å². The highest BCUT2D eigenvalue weighted by Gasteiger charge is 2.38. The van der Waals surface area contributed by atoms with E-state index in [1.165, 1.54) is 6.33 Å². The molecule has 0 spiro atoms. The van der Waals surface area contributed by atoms with E-state index in [0.717, 1.165) is 0 Å². The maximum absolute atomic E-state index is 9.90. The molecule has 0 radical (unpaired) electrons. The highest BCUT2D eigenvalue weighted by atomic mass is 16.5. The number of hydrogen-bond donors (Lipinski definition) is 3. The normalized spacial score (nSPS) is 27.3. The topological polar surface area (TPSA) is 106 Å². The quantitative estimate of drug-likeness (QED) is 0.648. The van der Waals surface area contributed by atoms with Crippen LogP contribution in [-0.4, -0.2) is 43.6 Å². The van der Waals surface area contributed by atoms with Gasteiger partial charge in [-0.2, -0.15) is 0 Å². The van der Waals surface area contributed by atoms with Crippen molar-refractivity contribution in [1.29, 1.82) is 0 Å². The Morgan fingerprint density at radius 1 is 1.47 bits per heavy atom. The van der Waals surface area contributed by atoms with E-state index in [4.69, 9.17) is 15.6 Å². The second-order valence-electron chi connectivity index (χ2n) is 4.45. The Morgan fingerprint density at radius 3 is 2.95 bits per heavy atom. The van der Waals surface area contributed by atoms with Crippen LogP contribution in [0.4, 0.5) is 5.82 Å². The van der Waals surface area contributed by atoms with Crippen LogP contribution in [-0.2, 0) is 4.74 Å². The van der Waals surface area contributed by atoms with Crippen LogP contribution in [0.5, 0.6) is 0 Å². The van der Waals surface area contributed by atoms with Gasteiger partial charge >= 0.3 is 0 Å². The van der Waals surface area contributed by atoms with Crippen molar-refractivity contribution in [1.82, 2.24) is 14.5 Å². The van der Waals surface area contributed by atoms with Crippen molar-refractivity contribution in [2.24, 2.45) is 0 Å². The number of nitrogen functional groups attached to an aromatic ring is 1. The molecule has 100 valence electrons. The molecular formula is C12H14N4O3. The lowest BCUT2D eigenvalue weighted by Gasteiger charge is -2.14. The van der Waals surface area contributed by atoms with Crippen molar-refractivity contribution in [3.8, 4) is 0 Å². The Kier molecular flexibility index (Phi) is 2.74. The first-order valence-corrected chi connectivity index (χ1v) is 5.83. The number of anilines is 1. The molecule has 3 atom stereocenters. The molecule has 3 heterocycles. The van der Waals surface area contributed by atoms with Gasteiger partial charge in [-0.15, -0.1) is 0 Å². The first-order valence-electron chi connectivity index (χ1n) is 5.83. The number of fused-ring (bicyclic) bond motifs is 1. The summed E-state index contributed by atoms with van der Waals surface area (Å²) < 4.78 is 7.31. The molecule has 1 fully saturated rings. The number of aliphatic hydroxyl groups is 2. The lowest BCUT2D eigenvalue weighted by atomic mass is 10.1. The number of aromatic nitrogens is 3. The molecule has 19 heavy (non-hydrogen) atoms. The first kappa shape index (κ1) is 12.1. The van der Waals surface area contributed by atoms with Gasteiger partial charge in [0, 0.05) is 11.8 Å². The van der Waals surface area contributed by atoms with Gasteiger partial charge < -0.3 is 25.3 Å². The zero-order valence-electron chi connectivity index (χ0n) is 10.1. The maximum atomic E-state index is 9.90. The fourth-order valence-electron chi connectivity index (χ4n) is 2.28. The van der Waals surface area contributed by atoms with E-state index in [-0.39, 0.29) is 6.61 Å². The second-order valence-corrected chi connectivity index (χ2v) is 4.45. The Labute approximate surface area is 109 Å². The summed E-state index contributed by atoms with van der Waals surface area (Å²) in [5.74, 6) is 0.381. The number of rotatable bonds is 2. The number of nitrogens with two attached hydrogens (primary N) is 1. The van der Waals surface area contributed by atoms with E-state index in [9.17, 15) is 5.11 Å². The van der Waals surface area contributed by atoms with E-state index in [0.29, 0.717) is 22.4 Å². The average molecular weight is 262 g/mol. The summed E-state index contributed by atoms with van der Waals surface area (Å²) in [5.41, 5.74) is 6.85. The predicted molar refractivity (Wildman–Crippen MR) is 68.1 cm³/mol. The minimum Gasteiger partial charge on any atom is -0.394 e. The molecule has 7 heteroatoms. The minimum absolute atomic E-state index is 0.271. The monoisotopic (exact) mass is 262 g/mol. The lowest BCUT2D eigenvalue weighted by Crippen LogP contribution is -2.25. The summed E-state index contributed by atoms with van der Waals surface area (Å²) in [4.78, 5) is 8.08. The Balaban J connectivity index is 2.06. The van der Waals surface area contributed by atoms with Crippen molar-refractivity contribution >= 4 is 16.9 Å². The average Bonchev–Trinajstić information content (AvgIpc) is 2.94. The maximum Gasteiger partial charge on any atom is 0.160 e. The van der Waals surface area contributed by atoms with E-state index < -0.39 is 18.4 Å². The summed E-state index contributed by atoms with van der Waals surface area (Å²) in [6.07, 6.45) is 0.976. The standard InChI is InChI=1S/C12H14N4O3/c1-6-9(18)8(4-17)19-12(6)16-3-2-7-10(13)14-5-15-11(7)16/h2-3,5,8-9,12,17-18H,1,4H2,(H2,13,14,15)/t8-,9+,12-/m1/s1. The van der Waals surface area contributed by atoms with Crippen LogP contribution >= 0.6 is 0 Å². The van der Waals surface area contributed by atoms with Crippen LogP contribution in [0.3, 0.4) is 0 Å². The summed E-state index contributed by atoms with van der Waals surface area (Å²) in [6.45, 7) is 3.55. The lowest BCUT2D eigenvalue weighted by molar-refractivity contribution is -0.0421. The number of nitrogens with zero attached hydrogens (tertiary/aromatic N) is 3. The third-order valence-electron chi connectivity index (χ3n) is 3.33. The number of ether oxygens (including phenoxy) is 1. The van der Waals surface area contributed by atoms with Crippen molar-refractivity contribution in [3.05, 3.63) is 30.7 Å². The van der Waals surface area contributed by atoms with Gasteiger partial charge in [0.05, 0.1) is 12.0 Å². The van der Waals surface area contributed by atoms with Gasteiger partial charge in [-0.25, -0.2) is 9.97 Å². The molecule has 7 nitrogen and oxygen atoms in total. The zero-order chi connectivity index (χ0) is 13.6. The van der Waals surface area contributed by atoms with Crippen molar-refractivity contribution in [2.75, 3.05) is 12.3 Å². The fourth-order valence-corrected chi connectivity index (χ4v) is 2.28. The largest absolute Gasteiger partial charge is 0.394 e. The Morgan fingerprint density at radius 2 is 2.26 bits per heavy atom. The molecule has 1 saturated heterocycles. The highest BCUT2D eigenvalue weighted by Crippen LogP contribution is 2.35. The van der Waals surface area contributed by atoms with Gasteiger partial charge in [0.2, 0.25) is 0 Å². The van der Waals surface area contributed by atoms with Crippen LogP contribution in [0.2, 0.25) is 0 Å². The third kappa shape index (κ3) is 1.71. The van der Waals surface area contributed by atoms with Crippen molar-refractivity contribution < 1.29 is 14.9 Å². The zero-order valence-corrected chi connectivity index (χ0v) is 10.1. The van der Waals surface area contributed by atoms with Gasteiger partial charge in [-0.1, -0.05) is 6.58 Å².